The highest BCUT2D eigenvalue weighted by Crippen LogP contribution is 2.20. The lowest BCUT2D eigenvalue weighted by Gasteiger charge is -2.07. The number of anilines is 1. The zero-order valence-corrected chi connectivity index (χ0v) is 9.94. The summed E-state index contributed by atoms with van der Waals surface area (Å²) in [6.45, 7) is 0. The molecule has 7 heteroatoms. The molecule has 17 heavy (non-hydrogen) atoms. The van der Waals surface area contributed by atoms with E-state index in [9.17, 15) is 4.79 Å². The Morgan fingerprint density at radius 3 is 2.65 bits per heavy atom. The number of nitrogens with two attached hydrogens (primary N) is 2. The minimum atomic E-state index is -0.415. The molecule has 0 fully saturated rings. The molecule has 0 bridgehead atoms. The Labute approximate surface area is 102 Å². The smallest absolute Gasteiger partial charge is 0.299 e. The van der Waals surface area contributed by atoms with Crippen LogP contribution >= 0.6 is 11.8 Å². The average molecular weight is 249 g/mol. The van der Waals surface area contributed by atoms with Crippen molar-refractivity contribution in [2.45, 2.75) is 5.16 Å². The van der Waals surface area contributed by atoms with Gasteiger partial charge in [-0.3, -0.25) is 4.79 Å². The number of nitrogens with zero attached hydrogens (tertiary/aromatic N) is 3. The van der Waals surface area contributed by atoms with Crippen LogP contribution in [-0.4, -0.2) is 21.1 Å². The van der Waals surface area contributed by atoms with Crippen LogP contribution in [0.3, 0.4) is 0 Å². The average Bonchev–Trinajstić information content (AvgIpc) is 2.34. The SMILES string of the molecule is CSc1nnc(-c2ccccc2N)c(=O)n1N. The molecule has 88 valence electrons. The molecule has 0 aliphatic rings. The number of para-hydroxylation sites is 1. The minimum Gasteiger partial charge on any atom is -0.398 e. The Morgan fingerprint density at radius 2 is 2.00 bits per heavy atom. The number of hydrogen-bond donors (Lipinski definition) is 2. The third-order valence-electron chi connectivity index (χ3n) is 2.26. The molecule has 2 aromatic rings. The maximum Gasteiger partial charge on any atom is 0.299 e. The summed E-state index contributed by atoms with van der Waals surface area (Å²) in [5.74, 6) is 5.62. The second-order valence-corrected chi connectivity index (χ2v) is 4.07. The van der Waals surface area contributed by atoms with Gasteiger partial charge in [0.1, 0.15) is 0 Å². The van der Waals surface area contributed by atoms with E-state index in [1.165, 1.54) is 11.8 Å². The summed E-state index contributed by atoms with van der Waals surface area (Å²) >= 11 is 1.25. The van der Waals surface area contributed by atoms with Gasteiger partial charge < -0.3 is 11.6 Å². The van der Waals surface area contributed by atoms with E-state index in [1.807, 2.05) is 0 Å². The molecular weight excluding hydrogens is 238 g/mol. The lowest BCUT2D eigenvalue weighted by molar-refractivity contribution is 0.705. The van der Waals surface area contributed by atoms with E-state index in [-0.39, 0.29) is 5.69 Å². The van der Waals surface area contributed by atoms with Gasteiger partial charge in [-0.05, 0) is 12.3 Å². The van der Waals surface area contributed by atoms with E-state index >= 15 is 0 Å². The first-order valence-corrected chi connectivity index (χ1v) is 6.01. The molecule has 0 atom stereocenters. The Kier molecular flexibility index (Phi) is 3.01. The molecule has 2 rings (SSSR count). The van der Waals surface area contributed by atoms with Crippen molar-refractivity contribution in [3.63, 3.8) is 0 Å². The Bertz CT molecular complexity index is 610. The summed E-state index contributed by atoms with van der Waals surface area (Å²) in [5.41, 5.74) is 6.53. The monoisotopic (exact) mass is 249 g/mol. The van der Waals surface area contributed by atoms with Crippen LogP contribution in [0.1, 0.15) is 0 Å². The van der Waals surface area contributed by atoms with Crippen LogP contribution in [0.2, 0.25) is 0 Å². The van der Waals surface area contributed by atoms with Gasteiger partial charge in [-0.1, -0.05) is 30.0 Å². The summed E-state index contributed by atoms with van der Waals surface area (Å²) in [6.07, 6.45) is 1.77. The van der Waals surface area contributed by atoms with E-state index in [4.69, 9.17) is 11.6 Å². The summed E-state index contributed by atoms with van der Waals surface area (Å²) in [7, 11) is 0. The summed E-state index contributed by atoms with van der Waals surface area (Å²) < 4.78 is 0.972. The second-order valence-electron chi connectivity index (χ2n) is 3.30. The first-order valence-electron chi connectivity index (χ1n) is 4.79. The van der Waals surface area contributed by atoms with Gasteiger partial charge in [0.05, 0.1) is 0 Å². The number of benzene rings is 1. The van der Waals surface area contributed by atoms with Crippen LogP contribution in [0.5, 0.6) is 0 Å². The Balaban J connectivity index is 2.67. The summed E-state index contributed by atoms with van der Waals surface area (Å²) in [6, 6.07) is 6.96. The lowest BCUT2D eigenvalue weighted by atomic mass is 10.1. The highest BCUT2D eigenvalue weighted by Gasteiger charge is 2.13. The van der Waals surface area contributed by atoms with Gasteiger partial charge in [-0.15, -0.1) is 10.2 Å². The predicted octanol–water partition coefficient (Wildman–Crippen LogP) is 0.323. The molecule has 0 spiro atoms. The molecule has 0 saturated carbocycles. The largest absolute Gasteiger partial charge is 0.398 e. The second kappa shape index (κ2) is 4.46. The van der Waals surface area contributed by atoms with Crippen molar-refractivity contribution in [2.24, 2.45) is 0 Å². The van der Waals surface area contributed by atoms with Crippen molar-refractivity contribution in [2.75, 3.05) is 17.8 Å². The normalized spacial score (nSPS) is 10.4. The number of hydrogen-bond acceptors (Lipinski definition) is 6. The van der Waals surface area contributed by atoms with Gasteiger partial charge in [0.25, 0.3) is 5.56 Å². The third kappa shape index (κ3) is 1.96. The molecule has 0 aliphatic carbocycles. The van der Waals surface area contributed by atoms with Gasteiger partial charge in [-0.2, -0.15) is 4.68 Å². The van der Waals surface area contributed by atoms with Crippen LogP contribution < -0.4 is 17.1 Å². The summed E-state index contributed by atoms with van der Waals surface area (Å²) in [4.78, 5) is 12.0. The van der Waals surface area contributed by atoms with Crippen molar-refractivity contribution in [1.82, 2.24) is 14.9 Å². The molecule has 0 aliphatic heterocycles. The first kappa shape index (κ1) is 11.5. The van der Waals surface area contributed by atoms with E-state index in [2.05, 4.69) is 10.2 Å². The minimum absolute atomic E-state index is 0.156. The summed E-state index contributed by atoms with van der Waals surface area (Å²) in [5, 5.41) is 8.10. The Morgan fingerprint density at radius 1 is 1.29 bits per heavy atom. The molecule has 4 N–H and O–H groups in total. The molecule has 0 amide bonds. The molecule has 1 aromatic heterocycles. The van der Waals surface area contributed by atoms with E-state index < -0.39 is 5.56 Å². The van der Waals surface area contributed by atoms with E-state index in [0.29, 0.717) is 16.4 Å². The van der Waals surface area contributed by atoms with Crippen LogP contribution in [0, 0.1) is 0 Å². The molecule has 6 nitrogen and oxygen atoms in total. The van der Waals surface area contributed by atoms with Gasteiger partial charge in [0, 0.05) is 11.3 Å². The standard InChI is InChI=1S/C10H11N5OS/c1-17-10-14-13-8(9(16)15(10)12)6-4-2-3-5-7(6)11/h2-5H,11-12H2,1H3. The quantitative estimate of drug-likeness (QED) is 0.452. The number of rotatable bonds is 2. The van der Waals surface area contributed by atoms with Crippen molar-refractivity contribution in [3.05, 3.63) is 34.6 Å². The fourth-order valence-corrected chi connectivity index (χ4v) is 1.81. The van der Waals surface area contributed by atoms with Crippen LogP contribution in [-0.2, 0) is 0 Å². The maximum atomic E-state index is 12.0. The molecule has 1 aromatic carbocycles. The van der Waals surface area contributed by atoms with Gasteiger partial charge in [-0.25, -0.2) is 0 Å². The number of thioether (sulfide) groups is 1. The van der Waals surface area contributed by atoms with Gasteiger partial charge in [0.15, 0.2) is 5.69 Å². The van der Waals surface area contributed by atoms with Crippen LogP contribution in [0.4, 0.5) is 5.69 Å². The predicted molar refractivity (Wildman–Crippen MR) is 68.1 cm³/mol. The number of nitrogen functional groups attached to an aromatic ring is 2. The zero-order chi connectivity index (χ0) is 12.4. The third-order valence-corrected chi connectivity index (χ3v) is 2.90. The molecule has 0 unspecified atom stereocenters. The molecule has 0 saturated heterocycles. The van der Waals surface area contributed by atoms with Crippen molar-refractivity contribution >= 4 is 17.4 Å². The first-order chi connectivity index (χ1) is 8.15. The van der Waals surface area contributed by atoms with Crippen molar-refractivity contribution in [1.29, 1.82) is 0 Å². The maximum absolute atomic E-state index is 12.0. The van der Waals surface area contributed by atoms with E-state index in [0.717, 1.165) is 4.68 Å². The highest BCUT2D eigenvalue weighted by molar-refractivity contribution is 7.98. The van der Waals surface area contributed by atoms with Gasteiger partial charge >= 0.3 is 0 Å². The molecule has 1 heterocycles. The highest BCUT2D eigenvalue weighted by atomic mass is 32.2. The lowest BCUT2D eigenvalue weighted by Crippen LogP contribution is -2.32. The topological polar surface area (TPSA) is 99.8 Å². The van der Waals surface area contributed by atoms with E-state index in [1.54, 1.807) is 30.5 Å². The fraction of sp³-hybridized carbons (Fsp3) is 0.100. The van der Waals surface area contributed by atoms with Gasteiger partial charge in [0.2, 0.25) is 5.16 Å². The van der Waals surface area contributed by atoms with Crippen LogP contribution in [0.15, 0.2) is 34.2 Å². The molecule has 0 radical (unpaired) electrons. The number of aromatic nitrogens is 3. The van der Waals surface area contributed by atoms with Crippen molar-refractivity contribution < 1.29 is 0 Å². The van der Waals surface area contributed by atoms with Crippen LogP contribution in [0.25, 0.3) is 11.3 Å². The van der Waals surface area contributed by atoms with Crippen molar-refractivity contribution in [3.8, 4) is 11.3 Å². The molecular formula is C10H11N5OS. The zero-order valence-electron chi connectivity index (χ0n) is 9.12. The Hall–Kier alpha value is -2.02. The fourth-order valence-electron chi connectivity index (χ4n) is 1.41.